The maximum absolute atomic E-state index is 13.2. The van der Waals surface area contributed by atoms with Crippen molar-refractivity contribution in [3.8, 4) is 0 Å². The molecule has 4 nitrogen and oxygen atoms in total. The second-order valence-electron chi connectivity index (χ2n) is 5.73. The molecule has 0 saturated carbocycles. The number of benzene rings is 2. The lowest BCUT2D eigenvalue weighted by atomic mass is 10.1. The lowest BCUT2D eigenvalue weighted by molar-refractivity contribution is -0.136. The maximum atomic E-state index is 13.2. The van der Waals surface area contributed by atoms with Gasteiger partial charge in [-0.05, 0) is 55.0 Å². The Morgan fingerprint density at radius 2 is 1.85 bits per heavy atom. The summed E-state index contributed by atoms with van der Waals surface area (Å²) in [5.41, 5.74) is -0.100. The first-order valence-corrected chi connectivity index (χ1v) is 8.41. The standard InChI is InChI=1S/C18H12ClF3N2O2S/c1-9-6-16(25)26-15-8-11(3-4-12(9)15)23-17(27)24-14-5-2-10(19)7-13(14)18(20,21)22/h2-8H,1H3,(H2,23,24,27). The van der Waals surface area contributed by atoms with Gasteiger partial charge in [0.2, 0.25) is 0 Å². The average molecular weight is 413 g/mol. The molecule has 0 spiro atoms. The minimum Gasteiger partial charge on any atom is -0.423 e. The second-order valence-corrected chi connectivity index (χ2v) is 6.57. The Labute approximate surface area is 161 Å². The Hall–Kier alpha value is -2.58. The van der Waals surface area contributed by atoms with Crippen molar-refractivity contribution >= 4 is 51.3 Å². The van der Waals surface area contributed by atoms with E-state index in [1.54, 1.807) is 25.1 Å². The Morgan fingerprint density at radius 3 is 2.56 bits per heavy atom. The summed E-state index contributed by atoms with van der Waals surface area (Å²) in [5, 5.41) is 5.94. The Balaban J connectivity index is 1.85. The smallest absolute Gasteiger partial charge is 0.418 e. The summed E-state index contributed by atoms with van der Waals surface area (Å²) in [6.07, 6.45) is -4.59. The first-order chi connectivity index (χ1) is 12.6. The highest BCUT2D eigenvalue weighted by Gasteiger charge is 2.34. The molecule has 0 fully saturated rings. The van der Waals surface area contributed by atoms with E-state index in [1.807, 2.05) is 0 Å². The zero-order valence-corrected chi connectivity index (χ0v) is 15.4. The summed E-state index contributed by atoms with van der Waals surface area (Å²) in [6, 6.07) is 9.67. The van der Waals surface area contributed by atoms with E-state index >= 15 is 0 Å². The fourth-order valence-electron chi connectivity index (χ4n) is 2.55. The van der Waals surface area contributed by atoms with E-state index < -0.39 is 17.4 Å². The molecule has 0 amide bonds. The first-order valence-electron chi connectivity index (χ1n) is 7.63. The molecule has 2 N–H and O–H groups in total. The summed E-state index contributed by atoms with van der Waals surface area (Å²) in [6.45, 7) is 1.78. The van der Waals surface area contributed by atoms with Crippen LogP contribution >= 0.6 is 23.8 Å². The predicted molar refractivity (Wildman–Crippen MR) is 104 cm³/mol. The number of alkyl halides is 3. The summed E-state index contributed by atoms with van der Waals surface area (Å²) >= 11 is 10.8. The van der Waals surface area contributed by atoms with Crippen LogP contribution in [0, 0.1) is 6.92 Å². The minimum absolute atomic E-state index is 0.0355. The monoisotopic (exact) mass is 412 g/mol. The molecule has 27 heavy (non-hydrogen) atoms. The van der Waals surface area contributed by atoms with E-state index in [2.05, 4.69) is 10.6 Å². The molecule has 0 radical (unpaired) electrons. The molecule has 2 aromatic carbocycles. The third kappa shape index (κ3) is 4.40. The van der Waals surface area contributed by atoms with Crippen molar-refractivity contribution < 1.29 is 17.6 Å². The van der Waals surface area contributed by atoms with Crippen LogP contribution in [0.2, 0.25) is 5.02 Å². The van der Waals surface area contributed by atoms with E-state index in [-0.39, 0.29) is 15.8 Å². The SMILES string of the molecule is Cc1cc(=O)oc2cc(NC(=S)Nc3ccc(Cl)cc3C(F)(F)F)ccc12. The number of halogens is 4. The number of rotatable bonds is 2. The van der Waals surface area contributed by atoms with Crippen molar-refractivity contribution in [3.63, 3.8) is 0 Å². The normalized spacial score (nSPS) is 11.4. The van der Waals surface area contributed by atoms with E-state index in [4.69, 9.17) is 28.2 Å². The Bertz CT molecular complexity index is 1100. The van der Waals surface area contributed by atoms with Crippen molar-refractivity contribution in [1.82, 2.24) is 0 Å². The van der Waals surface area contributed by atoms with Gasteiger partial charge in [-0.25, -0.2) is 4.79 Å². The third-order valence-electron chi connectivity index (χ3n) is 3.74. The summed E-state index contributed by atoms with van der Waals surface area (Å²) in [7, 11) is 0. The predicted octanol–water partition coefficient (Wildman–Crippen LogP) is 5.58. The molecule has 1 heterocycles. The van der Waals surface area contributed by atoms with Gasteiger partial charge in [-0.3, -0.25) is 0 Å². The summed E-state index contributed by atoms with van der Waals surface area (Å²) in [4.78, 5) is 11.5. The highest BCUT2D eigenvalue weighted by molar-refractivity contribution is 7.80. The van der Waals surface area contributed by atoms with Gasteiger partial charge in [0.05, 0.1) is 11.3 Å². The lowest BCUT2D eigenvalue weighted by Gasteiger charge is -2.16. The van der Waals surface area contributed by atoms with Crippen LogP contribution in [-0.2, 0) is 6.18 Å². The molecule has 9 heteroatoms. The van der Waals surface area contributed by atoms with E-state index in [0.717, 1.165) is 17.0 Å². The fraction of sp³-hybridized carbons (Fsp3) is 0.111. The fourth-order valence-corrected chi connectivity index (χ4v) is 2.95. The number of fused-ring (bicyclic) bond motifs is 1. The van der Waals surface area contributed by atoms with Crippen LogP contribution in [0.4, 0.5) is 24.5 Å². The molecule has 3 rings (SSSR count). The number of nitrogens with one attached hydrogen (secondary N) is 2. The second kappa shape index (κ2) is 7.21. The molecule has 0 atom stereocenters. The van der Waals surface area contributed by atoms with Crippen LogP contribution in [0.1, 0.15) is 11.1 Å². The van der Waals surface area contributed by atoms with Gasteiger partial charge in [-0.1, -0.05) is 11.6 Å². The van der Waals surface area contributed by atoms with Crippen molar-refractivity contribution in [2.24, 2.45) is 0 Å². The van der Waals surface area contributed by atoms with Crippen LogP contribution in [0.25, 0.3) is 11.0 Å². The van der Waals surface area contributed by atoms with Gasteiger partial charge >= 0.3 is 11.8 Å². The van der Waals surface area contributed by atoms with E-state index in [0.29, 0.717) is 11.3 Å². The number of thiocarbonyl (C=S) groups is 1. The van der Waals surface area contributed by atoms with Crippen LogP contribution in [0.5, 0.6) is 0 Å². The third-order valence-corrected chi connectivity index (χ3v) is 4.18. The first kappa shape index (κ1) is 19.2. The number of aryl methyl sites for hydroxylation is 1. The Kier molecular flexibility index (Phi) is 5.12. The summed E-state index contributed by atoms with van der Waals surface area (Å²) < 4.78 is 44.6. The quantitative estimate of drug-likeness (QED) is 0.425. The zero-order valence-electron chi connectivity index (χ0n) is 13.8. The van der Waals surface area contributed by atoms with Crippen LogP contribution in [0.3, 0.4) is 0 Å². The van der Waals surface area contributed by atoms with Gasteiger partial charge in [0.15, 0.2) is 5.11 Å². The van der Waals surface area contributed by atoms with Gasteiger partial charge in [-0.15, -0.1) is 0 Å². The molecule has 0 saturated heterocycles. The van der Waals surface area contributed by atoms with E-state index in [1.165, 1.54) is 18.2 Å². The van der Waals surface area contributed by atoms with Gasteiger partial charge in [0.1, 0.15) is 5.58 Å². The van der Waals surface area contributed by atoms with Gasteiger partial charge in [0, 0.05) is 28.2 Å². The molecular formula is C18H12ClF3N2O2S. The number of hydrogen-bond acceptors (Lipinski definition) is 3. The van der Waals surface area contributed by atoms with Crippen LogP contribution in [0.15, 0.2) is 51.7 Å². The molecule has 0 unspecified atom stereocenters. The molecule has 0 aliphatic heterocycles. The van der Waals surface area contributed by atoms with Crippen molar-refractivity contribution in [1.29, 1.82) is 0 Å². The molecular weight excluding hydrogens is 401 g/mol. The largest absolute Gasteiger partial charge is 0.423 e. The maximum Gasteiger partial charge on any atom is 0.418 e. The lowest BCUT2D eigenvalue weighted by Crippen LogP contribution is -2.21. The molecule has 1 aromatic heterocycles. The van der Waals surface area contributed by atoms with Crippen LogP contribution in [-0.4, -0.2) is 5.11 Å². The molecule has 140 valence electrons. The number of anilines is 2. The minimum atomic E-state index is -4.59. The van der Waals surface area contributed by atoms with Gasteiger partial charge < -0.3 is 15.1 Å². The highest BCUT2D eigenvalue weighted by atomic mass is 35.5. The Morgan fingerprint density at radius 1 is 1.11 bits per heavy atom. The molecule has 0 aliphatic rings. The molecule has 0 bridgehead atoms. The zero-order chi connectivity index (χ0) is 19.8. The van der Waals surface area contributed by atoms with Crippen molar-refractivity contribution in [2.45, 2.75) is 13.1 Å². The molecule has 3 aromatic rings. The number of hydrogen-bond donors (Lipinski definition) is 2. The van der Waals surface area contributed by atoms with Crippen molar-refractivity contribution in [2.75, 3.05) is 10.6 Å². The highest BCUT2D eigenvalue weighted by Crippen LogP contribution is 2.36. The van der Waals surface area contributed by atoms with Crippen molar-refractivity contribution in [3.05, 3.63) is 69.0 Å². The summed E-state index contributed by atoms with van der Waals surface area (Å²) in [5.74, 6) is 0. The average Bonchev–Trinajstić information content (AvgIpc) is 2.55. The van der Waals surface area contributed by atoms with E-state index in [9.17, 15) is 18.0 Å². The van der Waals surface area contributed by atoms with Gasteiger partial charge in [-0.2, -0.15) is 13.2 Å². The van der Waals surface area contributed by atoms with Gasteiger partial charge in [0.25, 0.3) is 0 Å². The topological polar surface area (TPSA) is 54.3 Å². The van der Waals surface area contributed by atoms with Crippen LogP contribution < -0.4 is 16.3 Å². The molecule has 0 aliphatic carbocycles.